The second-order valence-electron chi connectivity index (χ2n) is 9.09. The molecule has 4 rings (SSSR count). The molecule has 0 spiro atoms. The maximum absolute atomic E-state index is 13.0. The van der Waals surface area contributed by atoms with E-state index in [9.17, 15) is 19.5 Å². The maximum atomic E-state index is 13.0. The molecule has 1 aliphatic heterocycles. The molecule has 3 aromatic rings. The molecule has 0 saturated carbocycles. The van der Waals surface area contributed by atoms with Gasteiger partial charge in [-0.15, -0.1) is 0 Å². The van der Waals surface area contributed by atoms with Crippen molar-refractivity contribution < 1.29 is 33.7 Å². The maximum Gasteiger partial charge on any atom is 0.339 e. The van der Waals surface area contributed by atoms with Crippen LogP contribution >= 0.6 is 11.8 Å². The monoisotopic (exact) mass is 520 g/mol. The Labute approximate surface area is 219 Å². The lowest BCUT2D eigenvalue weighted by atomic mass is 10.1. The molecule has 1 aliphatic rings. The first-order valence-corrected chi connectivity index (χ1v) is 12.7. The second-order valence-corrected chi connectivity index (χ2v) is 10.3. The highest BCUT2D eigenvalue weighted by atomic mass is 32.2. The average molecular weight is 521 g/mol. The van der Waals surface area contributed by atoms with Crippen molar-refractivity contribution in [3.05, 3.63) is 106 Å². The van der Waals surface area contributed by atoms with Gasteiger partial charge in [0.05, 0.1) is 16.7 Å². The van der Waals surface area contributed by atoms with Gasteiger partial charge in [-0.05, 0) is 63.6 Å². The lowest BCUT2D eigenvalue weighted by molar-refractivity contribution is -0.0738. The zero-order chi connectivity index (χ0) is 26.7. The minimum Gasteiger partial charge on any atom is -0.451 e. The number of ether oxygens (including phenoxy) is 3. The highest BCUT2D eigenvalue weighted by molar-refractivity contribution is 8.00. The number of carbonyl (C=O) groups is 3. The molecule has 1 unspecified atom stereocenters. The Hall–Kier alpha value is -3.62. The van der Waals surface area contributed by atoms with Crippen LogP contribution in [-0.4, -0.2) is 46.1 Å². The summed E-state index contributed by atoms with van der Waals surface area (Å²) in [6.45, 7) is 7.49. The predicted octanol–water partition coefficient (Wildman–Crippen LogP) is 4.92. The minimum atomic E-state index is -1.29. The smallest absolute Gasteiger partial charge is 0.339 e. The number of benzene rings is 3. The topological polar surface area (TPSA) is 99.1 Å². The molecule has 0 aliphatic carbocycles. The second kappa shape index (κ2) is 11.2. The van der Waals surface area contributed by atoms with E-state index in [1.807, 2.05) is 26.8 Å². The number of carbonyl (C=O) groups excluding carboxylic acids is 3. The molecule has 1 N–H and O–H groups in total. The van der Waals surface area contributed by atoms with Crippen LogP contribution in [-0.2, 0) is 14.2 Å². The highest BCUT2D eigenvalue weighted by Gasteiger charge is 2.51. The van der Waals surface area contributed by atoms with Crippen LogP contribution in [0.5, 0.6) is 0 Å². The molecule has 0 amide bonds. The molecular formula is C29H28O7S. The van der Waals surface area contributed by atoms with E-state index in [0.29, 0.717) is 5.56 Å². The van der Waals surface area contributed by atoms with Gasteiger partial charge in [0.15, 0.2) is 17.6 Å². The van der Waals surface area contributed by atoms with Crippen molar-refractivity contribution in [2.24, 2.45) is 0 Å². The van der Waals surface area contributed by atoms with Gasteiger partial charge in [0.25, 0.3) is 0 Å². The van der Waals surface area contributed by atoms with Gasteiger partial charge in [0, 0.05) is 0 Å². The molecule has 0 bridgehead atoms. The highest BCUT2D eigenvalue weighted by Crippen LogP contribution is 2.39. The SMILES string of the molecule is Cc1ccc(C(=O)O[C@@H]2[C@H](OC(=O)c3ccc(C)cc3C)SC(O)[C@H]2OC(=O)c2ccc(C)cc2)cc1. The van der Waals surface area contributed by atoms with Gasteiger partial charge >= 0.3 is 17.9 Å². The molecule has 0 aromatic heterocycles. The molecule has 1 heterocycles. The largest absolute Gasteiger partial charge is 0.451 e. The van der Waals surface area contributed by atoms with E-state index in [2.05, 4.69) is 0 Å². The summed E-state index contributed by atoms with van der Waals surface area (Å²) in [7, 11) is 0. The Morgan fingerprint density at radius 2 is 1.14 bits per heavy atom. The molecule has 4 atom stereocenters. The number of aryl methyl sites for hydroxylation is 4. The average Bonchev–Trinajstić information content (AvgIpc) is 3.13. The van der Waals surface area contributed by atoms with E-state index in [0.717, 1.165) is 34.0 Å². The number of aliphatic hydroxyl groups is 1. The van der Waals surface area contributed by atoms with E-state index in [-0.39, 0.29) is 11.1 Å². The minimum absolute atomic E-state index is 0.278. The predicted molar refractivity (Wildman–Crippen MR) is 139 cm³/mol. The van der Waals surface area contributed by atoms with Crippen LogP contribution in [0.4, 0.5) is 0 Å². The third-order valence-corrected chi connectivity index (χ3v) is 7.21. The summed E-state index contributed by atoms with van der Waals surface area (Å²) in [5, 5.41) is 10.8. The molecule has 3 aromatic carbocycles. The Kier molecular flexibility index (Phi) is 8.00. The third-order valence-electron chi connectivity index (χ3n) is 6.03. The molecule has 1 fully saturated rings. The van der Waals surface area contributed by atoms with Crippen LogP contribution in [0.2, 0.25) is 0 Å². The normalized spacial score (nSPS) is 20.8. The van der Waals surface area contributed by atoms with Gasteiger partial charge in [0.1, 0.15) is 5.44 Å². The first-order chi connectivity index (χ1) is 17.6. The summed E-state index contributed by atoms with van der Waals surface area (Å²) in [5.41, 5.74) is 2.17. The van der Waals surface area contributed by atoms with Crippen LogP contribution in [0.3, 0.4) is 0 Å². The first kappa shape index (κ1) is 26.4. The molecule has 1 saturated heterocycles. The molecule has 37 heavy (non-hydrogen) atoms. The van der Waals surface area contributed by atoms with Crippen LogP contribution in [0.1, 0.15) is 53.3 Å². The summed E-state index contributed by atoms with van der Waals surface area (Å²) in [6.07, 6.45) is -2.50. The van der Waals surface area contributed by atoms with Crippen molar-refractivity contribution in [3.8, 4) is 0 Å². The van der Waals surface area contributed by atoms with Crippen LogP contribution in [0.15, 0.2) is 66.7 Å². The van der Waals surface area contributed by atoms with Crippen LogP contribution in [0, 0.1) is 27.7 Å². The fourth-order valence-corrected chi connectivity index (χ4v) is 5.07. The lowest BCUT2D eigenvalue weighted by Gasteiger charge is -2.24. The number of hydrogen-bond acceptors (Lipinski definition) is 8. The molecular weight excluding hydrogens is 492 g/mol. The fraction of sp³-hybridized carbons (Fsp3) is 0.276. The number of aliphatic hydroxyl groups excluding tert-OH is 1. The van der Waals surface area contributed by atoms with Gasteiger partial charge in [-0.1, -0.05) is 64.9 Å². The summed E-state index contributed by atoms with van der Waals surface area (Å²) >= 11 is 0.851. The number of thioether (sulfide) groups is 1. The van der Waals surface area contributed by atoms with Gasteiger partial charge in [-0.3, -0.25) is 0 Å². The van der Waals surface area contributed by atoms with E-state index >= 15 is 0 Å². The van der Waals surface area contributed by atoms with E-state index in [1.54, 1.807) is 67.6 Å². The van der Waals surface area contributed by atoms with Crippen molar-refractivity contribution in [2.75, 3.05) is 0 Å². The molecule has 0 radical (unpaired) electrons. The Morgan fingerprint density at radius 1 is 0.649 bits per heavy atom. The van der Waals surface area contributed by atoms with Gasteiger partial charge in [-0.2, -0.15) is 0 Å². The summed E-state index contributed by atoms with van der Waals surface area (Å²) in [6, 6.07) is 18.8. The van der Waals surface area contributed by atoms with Crippen LogP contribution < -0.4 is 0 Å². The number of hydrogen-bond donors (Lipinski definition) is 1. The first-order valence-electron chi connectivity index (χ1n) is 11.8. The standard InChI is InChI=1S/C29H28O7S/c1-16-5-10-20(11-6-16)25(30)34-23-24(35-26(31)21-12-7-17(2)8-13-21)29(37-28(23)33)36-27(32)22-14-9-18(3)15-19(22)4/h5-15,23-24,28-29,33H,1-4H3/t23-,24-,28?,29+/m0/s1. The van der Waals surface area contributed by atoms with Crippen molar-refractivity contribution in [3.63, 3.8) is 0 Å². The van der Waals surface area contributed by atoms with Crippen molar-refractivity contribution in [1.82, 2.24) is 0 Å². The third kappa shape index (κ3) is 6.21. The Balaban J connectivity index is 1.58. The van der Waals surface area contributed by atoms with Gasteiger partial charge in [-0.25, -0.2) is 14.4 Å². The number of esters is 3. The number of rotatable bonds is 6. The van der Waals surface area contributed by atoms with E-state index < -0.39 is 41.0 Å². The zero-order valence-electron chi connectivity index (χ0n) is 21.0. The molecule has 192 valence electrons. The molecule has 7 nitrogen and oxygen atoms in total. The van der Waals surface area contributed by atoms with Gasteiger partial charge < -0.3 is 19.3 Å². The lowest BCUT2D eigenvalue weighted by Crippen LogP contribution is -2.41. The van der Waals surface area contributed by atoms with Crippen LogP contribution in [0.25, 0.3) is 0 Å². The van der Waals surface area contributed by atoms with Gasteiger partial charge in [0.2, 0.25) is 0 Å². The summed E-state index contributed by atoms with van der Waals surface area (Å²) in [4.78, 5) is 38.8. The van der Waals surface area contributed by atoms with Crippen molar-refractivity contribution in [2.45, 2.75) is 50.8 Å². The summed E-state index contributed by atoms with van der Waals surface area (Å²) in [5.74, 6) is -2.02. The van der Waals surface area contributed by atoms with E-state index in [1.165, 1.54) is 0 Å². The molecule has 8 heteroatoms. The quantitative estimate of drug-likeness (QED) is 0.361. The fourth-order valence-electron chi connectivity index (χ4n) is 3.93. The Bertz CT molecular complexity index is 1300. The van der Waals surface area contributed by atoms with Crippen molar-refractivity contribution in [1.29, 1.82) is 0 Å². The summed E-state index contributed by atoms with van der Waals surface area (Å²) < 4.78 is 17.0. The van der Waals surface area contributed by atoms with Crippen molar-refractivity contribution >= 4 is 29.7 Å². The van der Waals surface area contributed by atoms with E-state index in [4.69, 9.17) is 14.2 Å². The zero-order valence-corrected chi connectivity index (χ0v) is 21.8. The Morgan fingerprint density at radius 3 is 1.65 bits per heavy atom.